The van der Waals surface area contributed by atoms with E-state index in [1.807, 2.05) is 0 Å². The predicted molar refractivity (Wildman–Crippen MR) is 59.0 cm³/mol. The largest absolute Gasteiger partial charge is 0.303 e. The normalized spacial score (nSPS) is 20.5. The van der Waals surface area contributed by atoms with Crippen molar-refractivity contribution in [3.63, 3.8) is 0 Å². The van der Waals surface area contributed by atoms with Crippen LogP contribution in [0.4, 0.5) is 0 Å². The average Bonchev–Trinajstić information content (AvgIpc) is 2.32. The zero-order chi connectivity index (χ0) is 9.52. The van der Waals surface area contributed by atoms with E-state index in [-0.39, 0.29) is 0 Å². The average molecular weight is 183 g/mol. The van der Waals surface area contributed by atoms with Gasteiger partial charge in [0.25, 0.3) is 0 Å². The van der Waals surface area contributed by atoms with Crippen LogP contribution in [0.1, 0.15) is 52.4 Å². The van der Waals surface area contributed by atoms with Crippen molar-refractivity contribution in [3.8, 4) is 0 Å². The first-order valence-electron chi connectivity index (χ1n) is 6.01. The van der Waals surface area contributed by atoms with Gasteiger partial charge in [-0.2, -0.15) is 0 Å². The zero-order valence-electron chi connectivity index (χ0n) is 9.39. The maximum absolute atomic E-state index is 2.66. The van der Waals surface area contributed by atoms with Gasteiger partial charge in [-0.3, -0.25) is 0 Å². The van der Waals surface area contributed by atoms with Crippen molar-refractivity contribution < 1.29 is 0 Å². The van der Waals surface area contributed by atoms with Crippen LogP contribution >= 0.6 is 0 Å². The summed E-state index contributed by atoms with van der Waals surface area (Å²) in [5.41, 5.74) is 0. The Morgan fingerprint density at radius 3 is 2.15 bits per heavy atom. The van der Waals surface area contributed by atoms with Gasteiger partial charge < -0.3 is 4.90 Å². The molecule has 1 fully saturated rings. The van der Waals surface area contributed by atoms with E-state index in [1.54, 1.807) is 0 Å². The van der Waals surface area contributed by atoms with Crippen molar-refractivity contribution in [1.29, 1.82) is 0 Å². The Balaban J connectivity index is 2.05. The topological polar surface area (TPSA) is 3.24 Å². The van der Waals surface area contributed by atoms with Gasteiger partial charge in [0.2, 0.25) is 0 Å². The highest BCUT2D eigenvalue weighted by Gasteiger charge is 2.08. The van der Waals surface area contributed by atoms with Crippen LogP contribution in [-0.4, -0.2) is 24.5 Å². The monoisotopic (exact) mass is 183 g/mol. The van der Waals surface area contributed by atoms with Gasteiger partial charge in [0.15, 0.2) is 0 Å². The van der Waals surface area contributed by atoms with Crippen molar-refractivity contribution in [1.82, 2.24) is 4.90 Å². The molecule has 1 heteroatoms. The fourth-order valence-electron chi connectivity index (χ4n) is 2.08. The first-order valence-corrected chi connectivity index (χ1v) is 6.01. The Morgan fingerprint density at radius 2 is 1.62 bits per heavy atom. The lowest BCUT2D eigenvalue weighted by molar-refractivity contribution is 0.273. The van der Waals surface area contributed by atoms with E-state index < -0.39 is 0 Å². The summed E-state index contributed by atoms with van der Waals surface area (Å²) in [7, 11) is 0. The highest BCUT2D eigenvalue weighted by Crippen LogP contribution is 2.11. The molecule has 1 nitrogen and oxygen atoms in total. The van der Waals surface area contributed by atoms with Gasteiger partial charge >= 0.3 is 0 Å². The quantitative estimate of drug-likeness (QED) is 0.646. The third kappa shape index (κ3) is 5.30. The molecule has 1 aliphatic heterocycles. The van der Waals surface area contributed by atoms with Crippen molar-refractivity contribution in [2.45, 2.75) is 52.4 Å². The lowest BCUT2D eigenvalue weighted by Gasteiger charge is -2.19. The molecule has 0 aromatic rings. The van der Waals surface area contributed by atoms with Gasteiger partial charge in [-0.1, -0.05) is 26.7 Å². The number of hydrogen-bond acceptors (Lipinski definition) is 1. The molecule has 0 aromatic carbocycles. The van der Waals surface area contributed by atoms with Crippen molar-refractivity contribution in [3.05, 3.63) is 0 Å². The molecule has 13 heavy (non-hydrogen) atoms. The molecular weight excluding hydrogens is 158 g/mol. The molecule has 1 heterocycles. The van der Waals surface area contributed by atoms with E-state index in [9.17, 15) is 0 Å². The Bertz CT molecular complexity index is 112. The first kappa shape index (κ1) is 11.0. The molecule has 0 unspecified atom stereocenters. The fraction of sp³-hybridized carbons (Fsp3) is 1.00. The van der Waals surface area contributed by atoms with Gasteiger partial charge in [-0.25, -0.2) is 0 Å². The van der Waals surface area contributed by atoms with Crippen LogP contribution in [0.2, 0.25) is 0 Å². The smallest absolute Gasteiger partial charge is 0.00186 e. The van der Waals surface area contributed by atoms with E-state index in [0.717, 1.165) is 5.92 Å². The molecule has 0 atom stereocenters. The highest BCUT2D eigenvalue weighted by molar-refractivity contribution is 4.63. The van der Waals surface area contributed by atoms with E-state index in [0.29, 0.717) is 0 Å². The SMILES string of the molecule is CC(C)CCCN1CCCCCC1. The summed E-state index contributed by atoms with van der Waals surface area (Å²) in [6, 6.07) is 0. The Kier molecular flexibility index (Phi) is 5.45. The zero-order valence-corrected chi connectivity index (χ0v) is 9.39. The predicted octanol–water partition coefficient (Wildman–Crippen LogP) is 3.30. The van der Waals surface area contributed by atoms with E-state index in [4.69, 9.17) is 0 Å². The Morgan fingerprint density at radius 1 is 1.00 bits per heavy atom. The summed E-state index contributed by atoms with van der Waals surface area (Å²) in [5, 5.41) is 0. The molecule has 0 bridgehead atoms. The van der Waals surface area contributed by atoms with Gasteiger partial charge in [-0.15, -0.1) is 0 Å². The van der Waals surface area contributed by atoms with Crippen LogP contribution < -0.4 is 0 Å². The minimum atomic E-state index is 0.881. The number of nitrogens with zero attached hydrogens (tertiary/aromatic N) is 1. The molecule has 0 radical (unpaired) electrons. The summed E-state index contributed by atoms with van der Waals surface area (Å²) in [5.74, 6) is 0.881. The maximum atomic E-state index is 2.66. The fourth-order valence-corrected chi connectivity index (χ4v) is 2.08. The van der Waals surface area contributed by atoms with Gasteiger partial charge in [0, 0.05) is 0 Å². The van der Waals surface area contributed by atoms with Crippen LogP contribution in [0, 0.1) is 5.92 Å². The maximum Gasteiger partial charge on any atom is -0.00186 e. The Labute approximate surface area is 83.5 Å². The molecule has 1 saturated heterocycles. The van der Waals surface area contributed by atoms with Crippen LogP contribution in [0.3, 0.4) is 0 Å². The molecule has 1 aliphatic rings. The Hall–Kier alpha value is -0.0400. The molecule has 0 aliphatic carbocycles. The first-order chi connectivity index (χ1) is 6.29. The third-order valence-corrected chi connectivity index (χ3v) is 2.95. The highest BCUT2D eigenvalue weighted by atomic mass is 15.1. The second kappa shape index (κ2) is 6.42. The molecular formula is C12H25N. The second-order valence-corrected chi connectivity index (χ2v) is 4.79. The lowest BCUT2D eigenvalue weighted by atomic mass is 10.1. The van der Waals surface area contributed by atoms with Crippen LogP contribution in [0.15, 0.2) is 0 Å². The summed E-state index contributed by atoms with van der Waals surface area (Å²) in [6.07, 6.45) is 8.58. The summed E-state index contributed by atoms with van der Waals surface area (Å²) < 4.78 is 0. The summed E-state index contributed by atoms with van der Waals surface area (Å²) in [6.45, 7) is 8.71. The van der Waals surface area contributed by atoms with Crippen molar-refractivity contribution in [2.24, 2.45) is 5.92 Å². The van der Waals surface area contributed by atoms with E-state index in [1.165, 1.54) is 58.2 Å². The van der Waals surface area contributed by atoms with Crippen LogP contribution in [0.25, 0.3) is 0 Å². The number of hydrogen-bond donors (Lipinski definition) is 0. The molecule has 0 spiro atoms. The molecule has 1 rings (SSSR count). The molecule has 78 valence electrons. The lowest BCUT2D eigenvalue weighted by Crippen LogP contribution is -2.25. The van der Waals surface area contributed by atoms with E-state index in [2.05, 4.69) is 18.7 Å². The van der Waals surface area contributed by atoms with Gasteiger partial charge in [-0.05, 0) is 51.2 Å². The third-order valence-electron chi connectivity index (χ3n) is 2.95. The number of rotatable bonds is 4. The standard InChI is InChI=1S/C12H25N/c1-12(2)8-7-11-13-9-5-3-4-6-10-13/h12H,3-11H2,1-2H3. The minimum Gasteiger partial charge on any atom is -0.303 e. The summed E-state index contributed by atoms with van der Waals surface area (Å²) >= 11 is 0. The molecule has 0 amide bonds. The van der Waals surface area contributed by atoms with E-state index >= 15 is 0 Å². The van der Waals surface area contributed by atoms with Crippen molar-refractivity contribution in [2.75, 3.05) is 19.6 Å². The van der Waals surface area contributed by atoms with Gasteiger partial charge in [0.05, 0.1) is 0 Å². The van der Waals surface area contributed by atoms with Gasteiger partial charge in [0.1, 0.15) is 0 Å². The molecule has 0 saturated carbocycles. The summed E-state index contributed by atoms with van der Waals surface area (Å²) in [4.78, 5) is 2.66. The minimum absolute atomic E-state index is 0.881. The molecule has 0 N–H and O–H groups in total. The number of likely N-dealkylation sites (tertiary alicyclic amines) is 1. The van der Waals surface area contributed by atoms with Crippen LogP contribution in [0.5, 0.6) is 0 Å². The van der Waals surface area contributed by atoms with Crippen molar-refractivity contribution >= 4 is 0 Å². The van der Waals surface area contributed by atoms with Crippen LogP contribution in [-0.2, 0) is 0 Å². The molecule has 0 aromatic heterocycles. The second-order valence-electron chi connectivity index (χ2n) is 4.79.